The van der Waals surface area contributed by atoms with Gasteiger partial charge in [0.15, 0.2) is 5.82 Å². The molecule has 0 aliphatic carbocycles. The fourth-order valence-corrected chi connectivity index (χ4v) is 0.835. The zero-order valence-corrected chi connectivity index (χ0v) is 6.10. The molecule has 0 amide bonds. The van der Waals surface area contributed by atoms with E-state index in [1.54, 1.807) is 12.3 Å². The van der Waals surface area contributed by atoms with Crippen molar-refractivity contribution in [2.75, 3.05) is 5.73 Å². The third kappa shape index (κ3) is 1.09. The van der Waals surface area contributed by atoms with Crippen LogP contribution in [0.3, 0.4) is 0 Å². The van der Waals surface area contributed by atoms with Crippen LogP contribution in [0.2, 0.25) is 0 Å². The van der Waals surface area contributed by atoms with E-state index in [1.165, 1.54) is 6.33 Å². The van der Waals surface area contributed by atoms with E-state index in [9.17, 15) is 0 Å². The van der Waals surface area contributed by atoms with Gasteiger partial charge in [-0.15, -0.1) is 0 Å². The van der Waals surface area contributed by atoms with Crippen molar-refractivity contribution in [2.45, 2.75) is 0 Å². The third-order valence-electron chi connectivity index (χ3n) is 1.33. The molecule has 0 aliphatic heterocycles. The van der Waals surface area contributed by atoms with Crippen LogP contribution in [0.5, 0.6) is 0 Å². The summed E-state index contributed by atoms with van der Waals surface area (Å²) in [6.07, 6.45) is 2.98. The topological polar surface area (TPSA) is 93.4 Å². The predicted octanol–water partition coefficient (Wildman–Crippen LogP) is -0.156. The number of H-pyrrole nitrogens is 1. The van der Waals surface area contributed by atoms with Crippen LogP contribution in [0.25, 0.3) is 11.5 Å². The number of nitrogen functional groups attached to an aromatic ring is 1. The summed E-state index contributed by atoms with van der Waals surface area (Å²) in [5, 5.41) is 6.36. The van der Waals surface area contributed by atoms with Gasteiger partial charge in [0.25, 0.3) is 0 Å². The van der Waals surface area contributed by atoms with Crippen molar-refractivity contribution in [1.82, 2.24) is 25.1 Å². The molecular weight excluding hydrogens is 156 g/mol. The lowest BCUT2D eigenvalue weighted by Crippen LogP contribution is -1.95. The first kappa shape index (κ1) is 6.71. The molecule has 0 spiro atoms. The van der Waals surface area contributed by atoms with Gasteiger partial charge >= 0.3 is 0 Å². The highest BCUT2D eigenvalue weighted by Gasteiger charge is 2.01. The van der Waals surface area contributed by atoms with Gasteiger partial charge in [-0.2, -0.15) is 5.10 Å². The summed E-state index contributed by atoms with van der Waals surface area (Å²) in [5.41, 5.74) is 6.02. The molecule has 0 atom stereocenters. The maximum Gasteiger partial charge on any atom is 0.220 e. The lowest BCUT2D eigenvalue weighted by atomic mass is 10.4. The van der Waals surface area contributed by atoms with E-state index in [0.29, 0.717) is 11.5 Å². The molecule has 12 heavy (non-hydrogen) atoms. The van der Waals surface area contributed by atoms with Gasteiger partial charge in [-0.25, -0.2) is 15.0 Å². The largest absolute Gasteiger partial charge is 0.368 e. The molecule has 6 heteroatoms. The Kier molecular flexibility index (Phi) is 1.44. The number of rotatable bonds is 1. The minimum Gasteiger partial charge on any atom is -0.368 e. The highest BCUT2D eigenvalue weighted by atomic mass is 15.2. The molecular formula is C6H6N6. The van der Waals surface area contributed by atoms with Gasteiger partial charge in [0.1, 0.15) is 12.0 Å². The predicted molar refractivity (Wildman–Crippen MR) is 41.8 cm³/mol. The number of nitrogens with one attached hydrogen (secondary N) is 1. The second kappa shape index (κ2) is 2.57. The highest BCUT2D eigenvalue weighted by Crippen LogP contribution is 2.08. The molecule has 2 aromatic rings. The molecule has 0 unspecified atom stereocenters. The number of hydrogen-bond acceptors (Lipinski definition) is 5. The maximum absolute atomic E-state index is 5.38. The van der Waals surface area contributed by atoms with Gasteiger partial charge in [-0.3, -0.25) is 5.10 Å². The Labute approximate surface area is 67.9 Å². The summed E-state index contributed by atoms with van der Waals surface area (Å²) in [5.74, 6) is 0.813. The van der Waals surface area contributed by atoms with Crippen LogP contribution in [0.15, 0.2) is 18.6 Å². The van der Waals surface area contributed by atoms with Gasteiger partial charge in [-0.05, 0) is 6.07 Å². The molecule has 2 heterocycles. The van der Waals surface area contributed by atoms with Crippen molar-refractivity contribution in [2.24, 2.45) is 0 Å². The Hall–Kier alpha value is -1.98. The lowest BCUT2D eigenvalue weighted by Gasteiger charge is -1.94. The fourth-order valence-electron chi connectivity index (χ4n) is 0.835. The van der Waals surface area contributed by atoms with Crippen molar-refractivity contribution >= 4 is 5.95 Å². The molecule has 0 saturated heterocycles. The molecule has 0 fully saturated rings. The SMILES string of the molecule is Nc1nccc(-c2ncn[nH]2)n1. The quantitative estimate of drug-likeness (QED) is 0.607. The molecule has 0 saturated carbocycles. The van der Waals surface area contributed by atoms with E-state index in [0.717, 1.165) is 0 Å². The number of aromatic nitrogens is 5. The Morgan fingerprint density at radius 1 is 1.33 bits per heavy atom. The van der Waals surface area contributed by atoms with E-state index in [-0.39, 0.29) is 5.95 Å². The average molecular weight is 162 g/mol. The van der Waals surface area contributed by atoms with E-state index >= 15 is 0 Å². The number of nitrogens with zero attached hydrogens (tertiary/aromatic N) is 4. The molecule has 0 radical (unpaired) electrons. The zero-order valence-electron chi connectivity index (χ0n) is 6.10. The highest BCUT2D eigenvalue weighted by molar-refractivity contribution is 5.48. The fraction of sp³-hybridized carbons (Fsp3) is 0. The molecule has 0 aliphatic rings. The van der Waals surface area contributed by atoms with Gasteiger partial charge in [0.2, 0.25) is 5.95 Å². The van der Waals surface area contributed by atoms with Crippen molar-refractivity contribution in [1.29, 1.82) is 0 Å². The Morgan fingerprint density at radius 2 is 2.25 bits per heavy atom. The van der Waals surface area contributed by atoms with Crippen LogP contribution >= 0.6 is 0 Å². The number of anilines is 1. The second-order valence-corrected chi connectivity index (χ2v) is 2.13. The summed E-state index contributed by atoms with van der Waals surface area (Å²) in [4.78, 5) is 11.6. The first-order chi connectivity index (χ1) is 5.86. The average Bonchev–Trinajstić information content (AvgIpc) is 2.56. The van der Waals surface area contributed by atoms with E-state index in [2.05, 4.69) is 25.1 Å². The van der Waals surface area contributed by atoms with Crippen molar-refractivity contribution in [3.8, 4) is 11.5 Å². The Bertz CT molecular complexity index is 367. The maximum atomic E-state index is 5.38. The summed E-state index contributed by atoms with van der Waals surface area (Å²) in [6, 6.07) is 1.71. The monoisotopic (exact) mass is 162 g/mol. The Balaban J connectivity index is 2.48. The van der Waals surface area contributed by atoms with E-state index in [4.69, 9.17) is 5.73 Å². The molecule has 6 nitrogen and oxygen atoms in total. The van der Waals surface area contributed by atoms with Crippen LogP contribution in [0, 0.1) is 0 Å². The van der Waals surface area contributed by atoms with Crippen LogP contribution in [-0.2, 0) is 0 Å². The lowest BCUT2D eigenvalue weighted by molar-refractivity contribution is 1.08. The summed E-state index contributed by atoms with van der Waals surface area (Å²) in [6.45, 7) is 0. The van der Waals surface area contributed by atoms with E-state index in [1.807, 2.05) is 0 Å². The van der Waals surface area contributed by atoms with Crippen molar-refractivity contribution in [3.05, 3.63) is 18.6 Å². The third-order valence-corrected chi connectivity index (χ3v) is 1.33. The minimum atomic E-state index is 0.226. The number of aromatic amines is 1. The Morgan fingerprint density at radius 3 is 2.92 bits per heavy atom. The van der Waals surface area contributed by atoms with Gasteiger partial charge < -0.3 is 5.73 Å². The van der Waals surface area contributed by atoms with E-state index < -0.39 is 0 Å². The smallest absolute Gasteiger partial charge is 0.220 e. The summed E-state index contributed by atoms with van der Waals surface area (Å²) < 4.78 is 0. The van der Waals surface area contributed by atoms with Crippen LogP contribution in [-0.4, -0.2) is 25.1 Å². The first-order valence-corrected chi connectivity index (χ1v) is 3.30. The normalized spacial score (nSPS) is 10.0. The molecule has 2 rings (SSSR count). The molecule has 0 bridgehead atoms. The molecule has 0 aromatic carbocycles. The van der Waals surface area contributed by atoms with Crippen LogP contribution < -0.4 is 5.73 Å². The van der Waals surface area contributed by atoms with Crippen LogP contribution in [0.1, 0.15) is 0 Å². The van der Waals surface area contributed by atoms with Crippen molar-refractivity contribution < 1.29 is 0 Å². The van der Waals surface area contributed by atoms with Gasteiger partial charge in [0.05, 0.1) is 0 Å². The molecule has 3 N–H and O–H groups in total. The van der Waals surface area contributed by atoms with Gasteiger partial charge in [-0.1, -0.05) is 0 Å². The second-order valence-electron chi connectivity index (χ2n) is 2.13. The van der Waals surface area contributed by atoms with Crippen molar-refractivity contribution in [3.63, 3.8) is 0 Å². The zero-order chi connectivity index (χ0) is 8.39. The minimum absolute atomic E-state index is 0.226. The number of nitrogens with two attached hydrogens (primary N) is 1. The first-order valence-electron chi connectivity index (χ1n) is 3.30. The van der Waals surface area contributed by atoms with Gasteiger partial charge in [0, 0.05) is 6.20 Å². The van der Waals surface area contributed by atoms with Crippen LogP contribution in [0.4, 0.5) is 5.95 Å². The molecule has 2 aromatic heterocycles. The number of hydrogen-bond donors (Lipinski definition) is 2. The standard InChI is InChI=1S/C6H6N6/c7-6-8-2-1-4(11-6)5-9-3-10-12-5/h1-3H,(H2,7,8,11)(H,9,10,12). The summed E-state index contributed by atoms with van der Waals surface area (Å²) >= 11 is 0. The summed E-state index contributed by atoms with van der Waals surface area (Å²) in [7, 11) is 0. The molecule has 60 valence electrons.